The Bertz CT molecular complexity index is 450. The molecule has 1 N–H and O–H groups in total. The number of nitrogens with one attached hydrogen (secondary N) is 1. The zero-order chi connectivity index (χ0) is 14.8. The van der Waals surface area contributed by atoms with Gasteiger partial charge in [0, 0.05) is 25.4 Å². The third-order valence-electron chi connectivity index (χ3n) is 4.36. The third-order valence-corrected chi connectivity index (χ3v) is 4.79. The second-order valence-corrected chi connectivity index (χ2v) is 6.25. The Hall–Kier alpha value is -0.610. The van der Waals surface area contributed by atoms with Crippen LogP contribution in [-0.4, -0.2) is 28.5 Å². The van der Waals surface area contributed by atoms with Crippen molar-refractivity contribution in [2.75, 3.05) is 13.1 Å². The van der Waals surface area contributed by atoms with Gasteiger partial charge in [-0.15, -0.1) is 0 Å². The van der Waals surface area contributed by atoms with Crippen molar-refractivity contribution < 1.29 is 4.39 Å². The molecule has 5 heteroatoms. The highest BCUT2D eigenvalue weighted by Gasteiger charge is 2.37. The van der Waals surface area contributed by atoms with E-state index in [1.165, 1.54) is 0 Å². The molecule has 1 aliphatic heterocycles. The number of nitrogens with zero attached hydrogens (tertiary/aromatic N) is 2. The summed E-state index contributed by atoms with van der Waals surface area (Å²) in [5, 5.41) is 8.42. The lowest BCUT2D eigenvalue weighted by Crippen LogP contribution is -2.43. The summed E-state index contributed by atoms with van der Waals surface area (Å²) < 4.78 is 17.0. The zero-order valence-corrected chi connectivity index (χ0v) is 13.4. The predicted octanol–water partition coefficient (Wildman–Crippen LogP) is 3.39. The number of alkyl halides is 1. The highest BCUT2D eigenvalue weighted by atomic mass is 35.5. The molecule has 1 fully saturated rings. The Balaban J connectivity index is 2.21. The van der Waals surface area contributed by atoms with Crippen molar-refractivity contribution >= 4 is 11.6 Å². The lowest BCUT2D eigenvalue weighted by Gasteiger charge is -2.34. The average molecular weight is 302 g/mol. The van der Waals surface area contributed by atoms with Gasteiger partial charge >= 0.3 is 0 Å². The first-order valence-electron chi connectivity index (χ1n) is 7.63. The minimum atomic E-state index is -1.24. The number of hydrogen-bond acceptors (Lipinski definition) is 2. The quantitative estimate of drug-likeness (QED) is 0.903. The fourth-order valence-corrected chi connectivity index (χ4v) is 3.36. The van der Waals surface area contributed by atoms with Crippen molar-refractivity contribution in [3.63, 3.8) is 0 Å². The van der Waals surface area contributed by atoms with Gasteiger partial charge in [-0.2, -0.15) is 5.10 Å². The van der Waals surface area contributed by atoms with E-state index in [4.69, 9.17) is 11.6 Å². The maximum atomic E-state index is 15.1. The summed E-state index contributed by atoms with van der Waals surface area (Å²) in [4.78, 5) is 0. The average Bonchev–Trinajstić information content (AvgIpc) is 2.76. The molecule has 114 valence electrons. The zero-order valence-electron chi connectivity index (χ0n) is 12.7. The number of aryl methyl sites for hydroxylation is 2. The van der Waals surface area contributed by atoms with E-state index in [-0.39, 0.29) is 5.92 Å². The van der Waals surface area contributed by atoms with E-state index < -0.39 is 5.67 Å². The smallest absolute Gasteiger partial charge is 0.117 e. The van der Waals surface area contributed by atoms with Crippen molar-refractivity contribution in [1.82, 2.24) is 15.1 Å². The first-order valence-corrected chi connectivity index (χ1v) is 8.01. The number of piperidine rings is 1. The molecule has 0 aliphatic carbocycles. The maximum absolute atomic E-state index is 15.1. The minimum Gasteiger partial charge on any atom is -0.316 e. The lowest BCUT2D eigenvalue weighted by molar-refractivity contribution is 0.0811. The van der Waals surface area contributed by atoms with Crippen LogP contribution >= 0.6 is 11.6 Å². The number of rotatable bonds is 5. The topological polar surface area (TPSA) is 29.9 Å². The van der Waals surface area contributed by atoms with Crippen LogP contribution in [0.4, 0.5) is 4.39 Å². The van der Waals surface area contributed by atoms with Gasteiger partial charge in [-0.3, -0.25) is 4.68 Å². The SMILES string of the molecule is CCc1nn(CC)c(CC(C)(F)C2CCCNC2)c1Cl. The normalized spacial score (nSPS) is 22.8. The van der Waals surface area contributed by atoms with Crippen LogP contribution in [0, 0.1) is 5.92 Å². The first kappa shape index (κ1) is 15.8. The van der Waals surface area contributed by atoms with Crippen molar-refractivity contribution in [2.45, 2.75) is 58.7 Å². The standard InChI is InChI=1S/C15H25ClFN3/c1-4-12-14(16)13(20(5-2)19-12)9-15(3,17)11-7-6-8-18-10-11/h11,18H,4-10H2,1-3H3. The molecular weight excluding hydrogens is 277 g/mol. The number of hydrogen-bond donors (Lipinski definition) is 1. The molecule has 0 radical (unpaired) electrons. The molecule has 3 nitrogen and oxygen atoms in total. The van der Waals surface area contributed by atoms with E-state index in [9.17, 15) is 0 Å². The third kappa shape index (κ3) is 3.17. The first-order chi connectivity index (χ1) is 9.49. The molecule has 1 saturated heterocycles. The number of halogens is 2. The Morgan fingerprint density at radius 3 is 2.80 bits per heavy atom. The van der Waals surface area contributed by atoms with Crippen molar-refractivity contribution in [3.8, 4) is 0 Å². The maximum Gasteiger partial charge on any atom is 0.117 e. The van der Waals surface area contributed by atoms with E-state index in [0.29, 0.717) is 11.4 Å². The summed E-state index contributed by atoms with van der Waals surface area (Å²) in [6.07, 6.45) is 3.12. The summed E-state index contributed by atoms with van der Waals surface area (Å²) in [5.74, 6) is 0.0533. The summed E-state index contributed by atoms with van der Waals surface area (Å²) in [5.41, 5.74) is 0.484. The Kier molecular flexibility index (Phi) is 5.08. The second kappa shape index (κ2) is 6.44. The van der Waals surface area contributed by atoms with Gasteiger partial charge in [0.25, 0.3) is 0 Å². The van der Waals surface area contributed by atoms with Crippen LogP contribution in [-0.2, 0) is 19.4 Å². The monoisotopic (exact) mass is 301 g/mol. The van der Waals surface area contributed by atoms with Gasteiger partial charge < -0.3 is 5.32 Å². The molecule has 2 atom stereocenters. The van der Waals surface area contributed by atoms with Crippen LogP contribution in [0.5, 0.6) is 0 Å². The van der Waals surface area contributed by atoms with Gasteiger partial charge in [0.2, 0.25) is 0 Å². The summed E-state index contributed by atoms with van der Waals surface area (Å²) in [6, 6.07) is 0. The van der Waals surface area contributed by atoms with E-state index in [2.05, 4.69) is 10.4 Å². The van der Waals surface area contributed by atoms with Crippen LogP contribution in [0.2, 0.25) is 5.02 Å². The molecule has 0 amide bonds. The molecular formula is C15H25ClFN3. The second-order valence-electron chi connectivity index (χ2n) is 5.87. The van der Waals surface area contributed by atoms with Gasteiger partial charge in [0.1, 0.15) is 5.67 Å². The van der Waals surface area contributed by atoms with Gasteiger partial charge in [-0.25, -0.2) is 4.39 Å². The molecule has 2 rings (SSSR count). The number of aromatic nitrogens is 2. The molecule has 0 bridgehead atoms. The fourth-order valence-electron chi connectivity index (χ4n) is 3.02. The van der Waals surface area contributed by atoms with E-state index in [1.54, 1.807) is 6.92 Å². The van der Waals surface area contributed by atoms with Gasteiger partial charge in [0.15, 0.2) is 0 Å². The predicted molar refractivity (Wildman–Crippen MR) is 81.1 cm³/mol. The highest BCUT2D eigenvalue weighted by Crippen LogP contribution is 2.34. The van der Waals surface area contributed by atoms with Crippen molar-refractivity contribution in [1.29, 1.82) is 0 Å². The van der Waals surface area contributed by atoms with E-state index >= 15 is 4.39 Å². The Morgan fingerprint density at radius 2 is 2.25 bits per heavy atom. The van der Waals surface area contributed by atoms with Crippen LogP contribution in [0.15, 0.2) is 0 Å². The van der Waals surface area contributed by atoms with Gasteiger partial charge in [0.05, 0.1) is 16.4 Å². The molecule has 0 saturated carbocycles. The Morgan fingerprint density at radius 1 is 1.50 bits per heavy atom. The van der Waals surface area contributed by atoms with Crippen LogP contribution in [0.25, 0.3) is 0 Å². The largest absolute Gasteiger partial charge is 0.316 e. The van der Waals surface area contributed by atoms with Crippen LogP contribution in [0.1, 0.15) is 45.0 Å². The molecule has 1 aliphatic rings. The summed E-state index contributed by atoms with van der Waals surface area (Å²) in [6.45, 7) is 8.24. The minimum absolute atomic E-state index is 0.0533. The summed E-state index contributed by atoms with van der Waals surface area (Å²) >= 11 is 6.39. The van der Waals surface area contributed by atoms with E-state index in [0.717, 1.165) is 50.3 Å². The summed E-state index contributed by atoms with van der Waals surface area (Å²) in [7, 11) is 0. The van der Waals surface area contributed by atoms with Crippen molar-refractivity contribution in [3.05, 3.63) is 16.4 Å². The highest BCUT2D eigenvalue weighted by molar-refractivity contribution is 6.31. The molecule has 2 heterocycles. The van der Waals surface area contributed by atoms with E-state index in [1.807, 2.05) is 18.5 Å². The molecule has 2 unspecified atom stereocenters. The molecule has 1 aromatic heterocycles. The Labute approximate surface area is 125 Å². The molecule has 0 spiro atoms. The molecule has 0 aromatic carbocycles. The van der Waals surface area contributed by atoms with Crippen LogP contribution < -0.4 is 5.32 Å². The molecule has 1 aromatic rings. The molecule has 20 heavy (non-hydrogen) atoms. The van der Waals surface area contributed by atoms with Crippen molar-refractivity contribution in [2.24, 2.45) is 5.92 Å². The van der Waals surface area contributed by atoms with Gasteiger partial charge in [-0.1, -0.05) is 18.5 Å². The lowest BCUT2D eigenvalue weighted by atomic mass is 9.82. The fraction of sp³-hybridized carbons (Fsp3) is 0.800. The van der Waals surface area contributed by atoms with Crippen LogP contribution in [0.3, 0.4) is 0 Å². The van der Waals surface area contributed by atoms with Gasteiger partial charge in [-0.05, 0) is 39.7 Å².